The number of hydrogen-bond acceptors (Lipinski definition) is 18. The van der Waals surface area contributed by atoms with E-state index < -0.39 is 30.1 Å². The fourth-order valence-corrected chi connectivity index (χ4v) is 10.5. The van der Waals surface area contributed by atoms with Gasteiger partial charge in [0.2, 0.25) is 13.6 Å². The Bertz CT molecular complexity index is 2820. The molecule has 386 valence electrons. The molecule has 0 spiro atoms. The van der Waals surface area contributed by atoms with Gasteiger partial charge >= 0.3 is 17.9 Å². The molecule has 2 saturated carbocycles. The average molecular weight is 1020 g/mol. The van der Waals surface area contributed by atoms with Gasteiger partial charge in [-0.3, -0.25) is 15.3 Å². The molecule has 2 heterocycles. The van der Waals surface area contributed by atoms with Crippen LogP contribution in [0.3, 0.4) is 0 Å². The summed E-state index contributed by atoms with van der Waals surface area (Å²) in [7, 11) is 0. The maximum absolute atomic E-state index is 11.9. The minimum atomic E-state index is -0.624. The van der Waals surface area contributed by atoms with Gasteiger partial charge in [-0.2, -0.15) is 4.89 Å². The predicted molar refractivity (Wildman–Crippen MR) is 268 cm³/mol. The Labute approximate surface area is 425 Å². The van der Waals surface area contributed by atoms with Crippen LogP contribution in [-0.2, 0) is 43.3 Å². The van der Waals surface area contributed by atoms with Gasteiger partial charge in [-0.1, -0.05) is 37.4 Å². The SMILES string of the molecule is C=CC(=O)OCCC(=O)OCOc1ccc(C(OO)C2CCC(Oc3ccc(C(OO)C4CCC(COOc5ccc(OCOC(=O)C=C)cc5)CC4)c4sc(-c5cc6c(C)cc(C)cc6o5)nc34)CC2)cc1. The molecule has 2 fully saturated rings. The standard InChI is InChI=1S/C55H59NO16S/c1-5-48(57)62-26-25-50(59)66-32-64-39-15-11-36(12-16-39)52(70-60)37-13-17-41(18-14-37)68-45-24-23-43(54-51(45)56-55(73-54)47-29-44-34(4)27-33(3)28-46(44)69-47)53(71-61)38-9-7-35(8-10-38)30-67-72-42-21-19-40(20-22-42)63-31-65-49(58)6-2/h5-6,11-12,15-16,19-24,27-29,35,37-38,41,52-53,60-61H,1-2,7-10,13-14,17-18,25-26,30-32H2,3-4H3. The largest absolute Gasteiger partial charge is 0.488 e. The van der Waals surface area contributed by atoms with Gasteiger partial charge in [0, 0.05) is 23.1 Å². The highest BCUT2D eigenvalue weighted by Gasteiger charge is 2.34. The van der Waals surface area contributed by atoms with Crippen LogP contribution in [0.1, 0.15) is 92.2 Å². The number of aromatic nitrogens is 1. The highest BCUT2D eigenvalue weighted by atomic mass is 32.1. The van der Waals surface area contributed by atoms with Crippen LogP contribution in [0.4, 0.5) is 0 Å². The maximum atomic E-state index is 11.9. The molecule has 2 unspecified atom stereocenters. The van der Waals surface area contributed by atoms with Crippen molar-refractivity contribution in [2.75, 3.05) is 26.8 Å². The Morgan fingerprint density at radius 3 is 2.07 bits per heavy atom. The van der Waals surface area contributed by atoms with Gasteiger partial charge < -0.3 is 37.7 Å². The van der Waals surface area contributed by atoms with Crippen LogP contribution in [0.2, 0.25) is 0 Å². The topological polar surface area (TPSA) is 210 Å². The van der Waals surface area contributed by atoms with E-state index >= 15 is 0 Å². The molecule has 0 bridgehead atoms. The zero-order valence-corrected chi connectivity index (χ0v) is 41.5. The van der Waals surface area contributed by atoms with E-state index in [0.29, 0.717) is 71.6 Å². The van der Waals surface area contributed by atoms with E-state index in [9.17, 15) is 24.9 Å². The Morgan fingerprint density at radius 2 is 1.38 bits per heavy atom. The van der Waals surface area contributed by atoms with E-state index in [1.165, 1.54) is 11.3 Å². The van der Waals surface area contributed by atoms with Gasteiger partial charge in [-0.25, -0.2) is 24.3 Å². The second-order valence-electron chi connectivity index (χ2n) is 18.2. The number of benzene rings is 4. The summed E-state index contributed by atoms with van der Waals surface area (Å²) in [6, 6.07) is 23.9. The third-order valence-electron chi connectivity index (χ3n) is 13.3. The first kappa shape index (κ1) is 52.5. The molecule has 17 nitrogen and oxygen atoms in total. The lowest BCUT2D eigenvalue weighted by molar-refractivity contribution is -0.296. The van der Waals surface area contributed by atoms with Crippen molar-refractivity contribution in [1.82, 2.24) is 4.98 Å². The van der Waals surface area contributed by atoms with Crippen LogP contribution in [-0.4, -0.2) is 66.3 Å². The van der Waals surface area contributed by atoms with Crippen LogP contribution in [0.5, 0.6) is 23.0 Å². The number of nitrogens with zero attached hydrogens (tertiary/aromatic N) is 1. The van der Waals surface area contributed by atoms with Crippen molar-refractivity contribution in [2.45, 2.75) is 89.9 Å². The molecule has 0 aliphatic heterocycles. The number of carbonyl (C=O) groups excluding carboxylic acids is 3. The molecular weight excluding hydrogens is 963 g/mol. The van der Waals surface area contributed by atoms with Crippen molar-refractivity contribution >= 4 is 50.4 Å². The summed E-state index contributed by atoms with van der Waals surface area (Å²) in [5.74, 6) is 1.18. The van der Waals surface area contributed by atoms with Crippen molar-refractivity contribution in [3.05, 3.63) is 126 Å². The third-order valence-corrected chi connectivity index (χ3v) is 14.4. The lowest BCUT2D eigenvalue weighted by atomic mass is 9.78. The van der Waals surface area contributed by atoms with Gasteiger partial charge in [0.15, 0.2) is 16.5 Å². The smallest absolute Gasteiger partial charge is 0.333 e. The van der Waals surface area contributed by atoms with Crippen molar-refractivity contribution in [3.63, 3.8) is 0 Å². The summed E-state index contributed by atoms with van der Waals surface area (Å²) in [5.41, 5.74) is 5.24. The quantitative estimate of drug-likeness (QED) is 0.0144. The Kier molecular flexibility index (Phi) is 18.2. The summed E-state index contributed by atoms with van der Waals surface area (Å²) in [6.45, 7) is 10.5. The first-order valence-corrected chi connectivity index (χ1v) is 25.0. The molecule has 2 aliphatic rings. The number of hydrogen-bond donors (Lipinski definition) is 2. The number of esters is 3. The Balaban J connectivity index is 0.895. The number of ether oxygens (including phenoxy) is 6. The van der Waals surface area contributed by atoms with Crippen molar-refractivity contribution in [1.29, 1.82) is 0 Å². The Morgan fingerprint density at radius 1 is 0.753 bits per heavy atom. The van der Waals surface area contributed by atoms with Gasteiger partial charge in [0.05, 0.1) is 23.8 Å². The van der Waals surface area contributed by atoms with Gasteiger partial charge in [0.1, 0.15) is 47.2 Å². The van der Waals surface area contributed by atoms with E-state index in [1.807, 2.05) is 31.2 Å². The molecule has 8 rings (SSSR count). The lowest BCUT2D eigenvalue weighted by Crippen LogP contribution is -2.28. The van der Waals surface area contributed by atoms with Crippen LogP contribution in [0.25, 0.3) is 32.0 Å². The van der Waals surface area contributed by atoms with E-state index in [0.717, 1.165) is 75.8 Å². The first-order chi connectivity index (χ1) is 35.5. The molecule has 2 atom stereocenters. The second-order valence-corrected chi connectivity index (χ2v) is 19.2. The summed E-state index contributed by atoms with van der Waals surface area (Å²) in [4.78, 5) is 61.1. The number of fused-ring (bicyclic) bond motifs is 2. The molecule has 2 aromatic heterocycles. The zero-order chi connectivity index (χ0) is 51.3. The molecule has 0 radical (unpaired) electrons. The number of carbonyl (C=O) groups is 3. The number of thiazole rings is 1. The normalized spacial score (nSPS) is 18.6. The fraction of sp³-hybridized carbons (Fsp3) is 0.382. The van der Waals surface area contributed by atoms with Crippen molar-refractivity contribution in [2.24, 2.45) is 17.8 Å². The van der Waals surface area contributed by atoms with Gasteiger partial charge in [0.25, 0.3) is 0 Å². The van der Waals surface area contributed by atoms with Crippen LogP contribution < -0.4 is 19.1 Å². The molecule has 18 heteroatoms. The zero-order valence-electron chi connectivity index (χ0n) is 40.7. The molecule has 0 saturated heterocycles. The van der Waals surface area contributed by atoms with E-state index in [1.54, 1.807) is 48.5 Å². The second kappa shape index (κ2) is 25.2. The molecule has 4 aromatic carbocycles. The minimum absolute atomic E-state index is 0.000120. The monoisotopic (exact) mass is 1020 g/mol. The molecule has 6 aromatic rings. The summed E-state index contributed by atoms with van der Waals surface area (Å²) >= 11 is 1.48. The molecule has 0 amide bonds. The highest BCUT2D eigenvalue weighted by Crippen LogP contribution is 2.47. The van der Waals surface area contributed by atoms with Gasteiger partial charge in [-0.15, -0.1) is 11.3 Å². The average Bonchev–Trinajstić information content (AvgIpc) is 4.05. The maximum Gasteiger partial charge on any atom is 0.333 e. The lowest BCUT2D eigenvalue weighted by Gasteiger charge is -2.33. The third kappa shape index (κ3) is 13.6. The van der Waals surface area contributed by atoms with E-state index in [-0.39, 0.29) is 50.5 Å². The van der Waals surface area contributed by atoms with E-state index in [2.05, 4.69) is 26.1 Å². The van der Waals surface area contributed by atoms with Crippen LogP contribution >= 0.6 is 11.3 Å². The molecular formula is C55H59NO16S. The molecule has 73 heavy (non-hydrogen) atoms. The number of rotatable bonds is 24. The highest BCUT2D eigenvalue weighted by molar-refractivity contribution is 7.21. The number of aryl methyl sites for hydroxylation is 2. The first-order valence-electron chi connectivity index (χ1n) is 24.2. The Hall–Kier alpha value is -6.80. The van der Waals surface area contributed by atoms with Crippen LogP contribution in [0.15, 0.2) is 109 Å². The summed E-state index contributed by atoms with van der Waals surface area (Å²) in [6.07, 6.45) is 6.68. The van der Waals surface area contributed by atoms with E-state index in [4.69, 9.17) is 57.4 Å². The molecule has 2 N–H and O–H groups in total. The fourth-order valence-electron chi connectivity index (χ4n) is 9.47. The van der Waals surface area contributed by atoms with Crippen molar-refractivity contribution in [3.8, 4) is 33.8 Å². The molecule has 2 aliphatic carbocycles. The predicted octanol–water partition coefficient (Wildman–Crippen LogP) is 11.9. The van der Waals surface area contributed by atoms with Crippen LogP contribution in [0, 0.1) is 31.6 Å². The van der Waals surface area contributed by atoms with Crippen molar-refractivity contribution < 1.29 is 77.3 Å². The van der Waals surface area contributed by atoms with Gasteiger partial charge in [-0.05, 0) is 154 Å². The number of furan rings is 1. The minimum Gasteiger partial charge on any atom is -0.488 e. The summed E-state index contributed by atoms with van der Waals surface area (Å²) in [5, 5.41) is 22.4. The summed E-state index contributed by atoms with van der Waals surface area (Å²) < 4.78 is 39.7.